The summed E-state index contributed by atoms with van der Waals surface area (Å²) in [4.78, 5) is 38.5. The monoisotopic (exact) mass is 389 g/mol. The van der Waals surface area contributed by atoms with Crippen LogP contribution >= 0.6 is 0 Å². The Kier molecular flexibility index (Phi) is 6.51. The maximum absolute atomic E-state index is 12.5. The van der Waals surface area contributed by atoms with E-state index in [1.807, 2.05) is 6.07 Å². The molecule has 2 aliphatic heterocycles. The van der Waals surface area contributed by atoms with Crippen LogP contribution in [0.5, 0.6) is 5.75 Å². The molecular formula is C20H27N3O5. The zero-order valence-corrected chi connectivity index (χ0v) is 16.2. The number of nitrogens with zero attached hydrogens (tertiary/aromatic N) is 1. The molecule has 0 bridgehead atoms. The Labute approximate surface area is 164 Å². The van der Waals surface area contributed by atoms with Crippen molar-refractivity contribution in [1.82, 2.24) is 15.5 Å². The molecular weight excluding hydrogens is 362 g/mol. The number of amides is 3. The van der Waals surface area contributed by atoms with Gasteiger partial charge in [0.15, 0.2) is 0 Å². The van der Waals surface area contributed by atoms with Crippen molar-refractivity contribution in [2.75, 3.05) is 39.9 Å². The lowest BCUT2D eigenvalue weighted by molar-refractivity contribution is -0.135. The van der Waals surface area contributed by atoms with Gasteiger partial charge in [-0.3, -0.25) is 14.4 Å². The van der Waals surface area contributed by atoms with Crippen molar-refractivity contribution in [3.8, 4) is 5.75 Å². The molecule has 1 saturated heterocycles. The second-order valence-corrected chi connectivity index (χ2v) is 7.23. The lowest BCUT2D eigenvalue weighted by Crippen LogP contribution is -2.46. The molecule has 1 aromatic rings. The van der Waals surface area contributed by atoms with Gasteiger partial charge in [-0.15, -0.1) is 0 Å². The van der Waals surface area contributed by atoms with Gasteiger partial charge in [-0.2, -0.15) is 0 Å². The van der Waals surface area contributed by atoms with Crippen molar-refractivity contribution in [1.29, 1.82) is 0 Å². The second-order valence-electron chi connectivity index (χ2n) is 7.23. The maximum Gasteiger partial charge on any atom is 0.255 e. The van der Waals surface area contributed by atoms with E-state index in [1.165, 1.54) is 0 Å². The molecule has 0 saturated carbocycles. The third-order valence-corrected chi connectivity index (χ3v) is 5.20. The van der Waals surface area contributed by atoms with Gasteiger partial charge in [-0.05, 0) is 25.0 Å². The molecule has 8 nitrogen and oxygen atoms in total. The van der Waals surface area contributed by atoms with E-state index >= 15 is 0 Å². The van der Waals surface area contributed by atoms with Crippen LogP contribution in [0.15, 0.2) is 24.3 Å². The Morgan fingerprint density at radius 2 is 2.14 bits per heavy atom. The Bertz CT molecular complexity index is 738. The molecule has 1 aromatic carbocycles. The summed E-state index contributed by atoms with van der Waals surface area (Å²) in [6.45, 7) is 1.87. The van der Waals surface area contributed by atoms with Crippen molar-refractivity contribution in [2.45, 2.75) is 31.3 Å². The second kappa shape index (κ2) is 9.05. The van der Waals surface area contributed by atoms with E-state index in [1.54, 1.807) is 30.2 Å². The van der Waals surface area contributed by atoms with Crippen LogP contribution in [0.3, 0.4) is 0 Å². The number of carbonyl (C=O) groups is 3. The summed E-state index contributed by atoms with van der Waals surface area (Å²) in [5.41, 5.74) is -0.149. The highest BCUT2D eigenvalue weighted by Crippen LogP contribution is 2.33. The topological polar surface area (TPSA) is 97.0 Å². The normalized spacial score (nSPS) is 22.0. The van der Waals surface area contributed by atoms with Gasteiger partial charge in [0, 0.05) is 39.6 Å². The number of hydrogen-bond donors (Lipinski definition) is 2. The zero-order valence-electron chi connectivity index (χ0n) is 16.2. The molecule has 1 spiro atoms. The van der Waals surface area contributed by atoms with E-state index in [4.69, 9.17) is 9.47 Å². The highest BCUT2D eigenvalue weighted by Gasteiger charge is 2.40. The van der Waals surface area contributed by atoms with Gasteiger partial charge in [0.05, 0.1) is 18.7 Å². The van der Waals surface area contributed by atoms with Gasteiger partial charge in [-0.1, -0.05) is 12.1 Å². The molecule has 8 heteroatoms. The van der Waals surface area contributed by atoms with Crippen molar-refractivity contribution in [3.63, 3.8) is 0 Å². The van der Waals surface area contributed by atoms with Crippen molar-refractivity contribution in [2.24, 2.45) is 0 Å². The first kappa shape index (κ1) is 20.1. The summed E-state index contributed by atoms with van der Waals surface area (Å²) in [5.74, 6) is 0.113. The predicted molar refractivity (Wildman–Crippen MR) is 102 cm³/mol. The van der Waals surface area contributed by atoms with Crippen LogP contribution in [0, 0.1) is 0 Å². The van der Waals surface area contributed by atoms with Crippen LogP contribution in [0.2, 0.25) is 0 Å². The minimum Gasteiger partial charge on any atom is -0.485 e. The number of nitrogens with one attached hydrogen (secondary N) is 2. The molecule has 28 heavy (non-hydrogen) atoms. The van der Waals surface area contributed by atoms with E-state index in [2.05, 4.69) is 10.6 Å². The Morgan fingerprint density at radius 1 is 1.32 bits per heavy atom. The number of methoxy groups -OCH3 is 1. The van der Waals surface area contributed by atoms with Gasteiger partial charge in [0.1, 0.15) is 11.4 Å². The first-order valence-corrected chi connectivity index (χ1v) is 9.63. The first-order valence-electron chi connectivity index (χ1n) is 9.63. The largest absolute Gasteiger partial charge is 0.485 e. The van der Waals surface area contributed by atoms with Crippen molar-refractivity contribution >= 4 is 17.7 Å². The van der Waals surface area contributed by atoms with Crippen molar-refractivity contribution in [3.05, 3.63) is 29.8 Å². The van der Waals surface area contributed by atoms with Crippen molar-refractivity contribution < 1.29 is 23.9 Å². The van der Waals surface area contributed by atoms with Crippen LogP contribution in [0.4, 0.5) is 0 Å². The van der Waals surface area contributed by atoms with E-state index in [9.17, 15) is 14.4 Å². The fraction of sp³-hybridized carbons (Fsp3) is 0.550. The molecule has 1 fully saturated rings. The summed E-state index contributed by atoms with van der Waals surface area (Å²) >= 11 is 0. The fourth-order valence-corrected chi connectivity index (χ4v) is 3.55. The molecule has 2 aliphatic rings. The van der Waals surface area contributed by atoms with Crippen LogP contribution in [-0.4, -0.2) is 68.1 Å². The summed E-state index contributed by atoms with van der Waals surface area (Å²) in [6, 6.07) is 7.13. The first-order chi connectivity index (χ1) is 13.5. The number of ether oxygens (including phenoxy) is 2. The fourth-order valence-electron chi connectivity index (χ4n) is 3.55. The quantitative estimate of drug-likeness (QED) is 0.699. The number of fused-ring (bicyclic) bond motifs is 1. The number of carbonyl (C=O) groups excluding carboxylic acids is 3. The number of hydrogen-bond acceptors (Lipinski definition) is 5. The van der Waals surface area contributed by atoms with E-state index in [0.29, 0.717) is 50.4 Å². The standard InChI is InChI=1S/C20H27N3O5/c1-27-12-4-10-21-17(24)13-23-11-9-20(8-7-18(23)25)14-22-19(26)15-5-2-3-6-16(15)28-20/h2-3,5-6H,4,7-14H2,1H3,(H,21,24)(H,22,26). The lowest BCUT2D eigenvalue weighted by atomic mass is 9.94. The summed E-state index contributed by atoms with van der Waals surface area (Å²) < 4.78 is 11.2. The molecule has 0 radical (unpaired) electrons. The van der Waals surface area contributed by atoms with Gasteiger partial charge < -0.3 is 25.0 Å². The number of likely N-dealkylation sites (tertiary alicyclic amines) is 1. The Morgan fingerprint density at radius 3 is 2.96 bits per heavy atom. The van der Waals surface area contributed by atoms with Crippen LogP contribution in [0.1, 0.15) is 36.0 Å². The average molecular weight is 389 g/mol. The third kappa shape index (κ3) is 4.81. The molecule has 0 aliphatic carbocycles. The van der Waals surface area contributed by atoms with Crippen LogP contribution < -0.4 is 15.4 Å². The average Bonchev–Trinajstić information content (AvgIpc) is 2.93. The molecule has 1 unspecified atom stereocenters. The minimum absolute atomic E-state index is 0.0326. The number of para-hydroxylation sites is 1. The summed E-state index contributed by atoms with van der Waals surface area (Å²) in [5, 5.41) is 5.72. The predicted octanol–water partition coefficient (Wildman–Crippen LogP) is 0.713. The third-order valence-electron chi connectivity index (χ3n) is 5.20. The molecule has 1 atom stereocenters. The molecule has 0 aromatic heterocycles. The minimum atomic E-state index is -0.651. The van der Waals surface area contributed by atoms with Crippen LogP contribution in [0.25, 0.3) is 0 Å². The van der Waals surface area contributed by atoms with E-state index in [0.717, 1.165) is 6.42 Å². The Balaban J connectivity index is 1.63. The van der Waals surface area contributed by atoms with E-state index in [-0.39, 0.29) is 30.7 Å². The molecule has 3 rings (SSSR count). The number of benzene rings is 1. The smallest absolute Gasteiger partial charge is 0.255 e. The number of rotatable bonds is 6. The molecule has 2 N–H and O–H groups in total. The molecule has 152 valence electrons. The zero-order chi connectivity index (χ0) is 20.0. The summed E-state index contributed by atoms with van der Waals surface area (Å²) in [6.07, 6.45) is 2.04. The van der Waals surface area contributed by atoms with Gasteiger partial charge in [0.2, 0.25) is 11.8 Å². The molecule has 2 heterocycles. The maximum atomic E-state index is 12.5. The molecule has 3 amide bonds. The Hall–Kier alpha value is -2.61. The van der Waals surface area contributed by atoms with Gasteiger partial charge >= 0.3 is 0 Å². The van der Waals surface area contributed by atoms with Crippen LogP contribution in [-0.2, 0) is 14.3 Å². The lowest BCUT2D eigenvalue weighted by Gasteiger charge is -2.32. The van der Waals surface area contributed by atoms with E-state index < -0.39 is 5.60 Å². The van der Waals surface area contributed by atoms with Gasteiger partial charge in [0.25, 0.3) is 5.91 Å². The van der Waals surface area contributed by atoms with Gasteiger partial charge in [-0.25, -0.2) is 0 Å². The highest BCUT2D eigenvalue weighted by atomic mass is 16.5. The highest BCUT2D eigenvalue weighted by molar-refractivity contribution is 5.97. The SMILES string of the molecule is COCCCNC(=O)CN1CCC2(CCC1=O)CNC(=O)c1ccccc1O2. The summed E-state index contributed by atoms with van der Waals surface area (Å²) in [7, 11) is 1.62.